The van der Waals surface area contributed by atoms with Crippen LogP contribution in [0.15, 0.2) is 47.9 Å². The molecule has 0 atom stereocenters. The van der Waals surface area contributed by atoms with Gasteiger partial charge in [-0.3, -0.25) is 9.36 Å². The zero-order valence-corrected chi connectivity index (χ0v) is 12.2. The zero-order valence-electron chi connectivity index (χ0n) is 11.4. The summed E-state index contributed by atoms with van der Waals surface area (Å²) in [5.74, 6) is -0.911. The highest BCUT2D eigenvalue weighted by Gasteiger charge is 2.12. The molecule has 2 aromatic carbocycles. The normalized spacial score (nSPS) is 10.9. The number of fused-ring (bicyclic) bond motifs is 1. The van der Waals surface area contributed by atoms with Gasteiger partial charge in [0.15, 0.2) is 5.16 Å². The largest absolute Gasteiger partial charge is 0.481 e. The number of aryl methyl sites for hydroxylation is 1. The first kappa shape index (κ1) is 13.6. The molecule has 0 spiro atoms. The standard InChI is InChI=1S/C15H13N3O2S/c1-10-6-7-13(12-5-3-2-4-11(10)12)18-9-16-17-15(18)21-8-14(19)20/h2-7,9H,8H2,1H3,(H,19,20). The van der Waals surface area contributed by atoms with Gasteiger partial charge >= 0.3 is 5.97 Å². The van der Waals surface area contributed by atoms with Crippen LogP contribution < -0.4 is 0 Å². The van der Waals surface area contributed by atoms with E-state index in [0.717, 1.165) is 28.2 Å². The predicted octanol–water partition coefficient (Wildman–Crippen LogP) is 2.91. The van der Waals surface area contributed by atoms with Crippen LogP contribution in [0.5, 0.6) is 0 Å². The number of carboxylic acids is 1. The lowest BCUT2D eigenvalue weighted by molar-refractivity contribution is -0.133. The van der Waals surface area contributed by atoms with E-state index in [9.17, 15) is 4.79 Å². The monoisotopic (exact) mass is 299 g/mol. The molecule has 3 rings (SSSR count). The van der Waals surface area contributed by atoms with Crippen molar-refractivity contribution in [3.05, 3.63) is 48.3 Å². The summed E-state index contributed by atoms with van der Waals surface area (Å²) in [4.78, 5) is 10.7. The van der Waals surface area contributed by atoms with Crippen molar-refractivity contribution >= 4 is 28.5 Å². The Bertz CT molecular complexity index is 814. The molecule has 1 aromatic heterocycles. The van der Waals surface area contributed by atoms with Crippen LogP contribution in [0.3, 0.4) is 0 Å². The van der Waals surface area contributed by atoms with Crippen molar-refractivity contribution in [1.29, 1.82) is 0 Å². The lowest BCUT2D eigenvalue weighted by Gasteiger charge is -2.11. The third-order valence-electron chi connectivity index (χ3n) is 3.22. The number of thioether (sulfide) groups is 1. The first-order valence-electron chi connectivity index (χ1n) is 6.40. The summed E-state index contributed by atoms with van der Waals surface area (Å²) in [7, 11) is 0. The molecule has 0 saturated carbocycles. The van der Waals surface area contributed by atoms with E-state index < -0.39 is 5.97 Å². The number of hydrogen-bond acceptors (Lipinski definition) is 4. The van der Waals surface area contributed by atoms with Crippen LogP contribution in [-0.4, -0.2) is 31.6 Å². The van der Waals surface area contributed by atoms with Crippen molar-refractivity contribution in [1.82, 2.24) is 14.8 Å². The summed E-state index contributed by atoms with van der Waals surface area (Å²) in [5.41, 5.74) is 2.15. The molecule has 0 radical (unpaired) electrons. The number of benzene rings is 2. The number of nitrogens with zero attached hydrogens (tertiary/aromatic N) is 3. The molecule has 0 saturated heterocycles. The molecule has 0 unspecified atom stereocenters. The van der Waals surface area contributed by atoms with Crippen molar-refractivity contribution in [3.63, 3.8) is 0 Å². The Balaban J connectivity index is 2.11. The molecule has 106 valence electrons. The molecular weight excluding hydrogens is 286 g/mol. The smallest absolute Gasteiger partial charge is 0.313 e. The molecule has 21 heavy (non-hydrogen) atoms. The number of aliphatic carboxylic acids is 1. The van der Waals surface area contributed by atoms with E-state index >= 15 is 0 Å². The second-order valence-electron chi connectivity index (χ2n) is 4.61. The molecule has 1 N–H and O–H groups in total. The third-order valence-corrected chi connectivity index (χ3v) is 4.15. The van der Waals surface area contributed by atoms with Gasteiger partial charge in [-0.15, -0.1) is 10.2 Å². The molecular formula is C15H13N3O2S. The van der Waals surface area contributed by atoms with Crippen molar-refractivity contribution < 1.29 is 9.90 Å². The fraction of sp³-hybridized carbons (Fsp3) is 0.133. The molecule has 0 aliphatic rings. The van der Waals surface area contributed by atoms with E-state index in [4.69, 9.17) is 5.11 Å². The Kier molecular flexibility index (Phi) is 3.62. The van der Waals surface area contributed by atoms with E-state index in [2.05, 4.69) is 23.2 Å². The molecule has 3 aromatic rings. The van der Waals surface area contributed by atoms with E-state index in [1.165, 1.54) is 5.56 Å². The summed E-state index contributed by atoms with van der Waals surface area (Å²) >= 11 is 1.16. The maximum Gasteiger partial charge on any atom is 0.313 e. The third kappa shape index (κ3) is 2.62. The van der Waals surface area contributed by atoms with E-state index in [1.807, 2.05) is 34.9 Å². The fourth-order valence-corrected chi connectivity index (χ4v) is 2.90. The summed E-state index contributed by atoms with van der Waals surface area (Å²) in [6.07, 6.45) is 1.61. The Morgan fingerprint density at radius 3 is 2.76 bits per heavy atom. The highest BCUT2D eigenvalue weighted by Crippen LogP contribution is 2.28. The lowest BCUT2D eigenvalue weighted by Crippen LogP contribution is -2.02. The molecule has 0 aliphatic carbocycles. The summed E-state index contributed by atoms with van der Waals surface area (Å²) in [6, 6.07) is 12.2. The zero-order chi connectivity index (χ0) is 14.8. The Hall–Kier alpha value is -2.34. The van der Waals surface area contributed by atoms with Crippen molar-refractivity contribution in [2.24, 2.45) is 0 Å². The minimum atomic E-state index is -0.872. The van der Waals surface area contributed by atoms with Gasteiger partial charge in [0.2, 0.25) is 0 Å². The van der Waals surface area contributed by atoms with Gasteiger partial charge in [0.1, 0.15) is 6.33 Å². The maximum atomic E-state index is 10.7. The Labute approximate surface area is 125 Å². The quantitative estimate of drug-likeness (QED) is 0.750. The lowest BCUT2D eigenvalue weighted by atomic mass is 10.0. The highest BCUT2D eigenvalue weighted by atomic mass is 32.2. The number of aromatic nitrogens is 3. The topological polar surface area (TPSA) is 68.0 Å². The van der Waals surface area contributed by atoms with E-state index in [0.29, 0.717) is 5.16 Å². The molecule has 0 amide bonds. The second-order valence-corrected chi connectivity index (χ2v) is 5.56. The number of hydrogen-bond donors (Lipinski definition) is 1. The molecule has 0 bridgehead atoms. The van der Waals surface area contributed by atoms with Crippen molar-refractivity contribution in [2.45, 2.75) is 12.1 Å². The van der Waals surface area contributed by atoms with Gasteiger partial charge in [-0.25, -0.2) is 0 Å². The van der Waals surface area contributed by atoms with Crippen molar-refractivity contribution in [3.8, 4) is 5.69 Å². The van der Waals surface area contributed by atoms with Gasteiger partial charge in [-0.05, 0) is 23.9 Å². The SMILES string of the molecule is Cc1ccc(-n2cnnc2SCC(=O)O)c2ccccc12. The minimum absolute atomic E-state index is 0.0392. The van der Waals surface area contributed by atoms with Crippen molar-refractivity contribution in [2.75, 3.05) is 5.75 Å². The minimum Gasteiger partial charge on any atom is -0.481 e. The first-order chi connectivity index (χ1) is 10.2. The van der Waals surface area contributed by atoms with Crippen LogP contribution in [0.25, 0.3) is 16.5 Å². The predicted molar refractivity (Wildman–Crippen MR) is 82.0 cm³/mol. The molecule has 0 aliphatic heterocycles. The average molecular weight is 299 g/mol. The highest BCUT2D eigenvalue weighted by molar-refractivity contribution is 7.99. The second kappa shape index (κ2) is 5.57. The van der Waals surface area contributed by atoms with Gasteiger partial charge in [-0.2, -0.15) is 0 Å². The Morgan fingerprint density at radius 1 is 1.24 bits per heavy atom. The molecule has 1 heterocycles. The van der Waals surface area contributed by atoms with Gasteiger partial charge in [0.05, 0.1) is 11.4 Å². The number of carboxylic acid groups (broad SMARTS) is 1. The molecule has 5 nitrogen and oxygen atoms in total. The van der Waals surface area contributed by atoms with Gasteiger partial charge in [-0.1, -0.05) is 42.1 Å². The van der Waals surface area contributed by atoms with E-state index in [-0.39, 0.29) is 5.75 Å². The summed E-state index contributed by atoms with van der Waals surface area (Å²) in [6.45, 7) is 2.07. The van der Waals surface area contributed by atoms with Crippen LogP contribution in [-0.2, 0) is 4.79 Å². The van der Waals surface area contributed by atoms with E-state index in [1.54, 1.807) is 6.33 Å². The summed E-state index contributed by atoms with van der Waals surface area (Å²) < 4.78 is 1.83. The van der Waals surface area contributed by atoms with Crippen LogP contribution in [0, 0.1) is 6.92 Å². The Morgan fingerprint density at radius 2 is 2.00 bits per heavy atom. The molecule has 0 fully saturated rings. The average Bonchev–Trinajstić information content (AvgIpc) is 2.94. The summed E-state index contributed by atoms with van der Waals surface area (Å²) in [5, 5.41) is 19.5. The molecule has 6 heteroatoms. The van der Waals surface area contributed by atoms with Gasteiger partial charge < -0.3 is 5.11 Å². The fourth-order valence-electron chi connectivity index (χ4n) is 2.26. The van der Waals surface area contributed by atoms with Crippen LogP contribution >= 0.6 is 11.8 Å². The van der Waals surface area contributed by atoms with Crippen LogP contribution in [0.1, 0.15) is 5.56 Å². The first-order valence-corrected chi connectivity index (χ1v) is 7.38. The van der Waals surface area contributed by atoms with Gasteiger partial charge in [0, 0.05) is 5.39 Å². The van der Waals surface area contributed by atoms with Crippen LogP contribution in [0.4, 0.5) is 0 Å². The maximum absolute atomic E-state index is 10.7. The van der Waals surface area contributed by atoms with Crippen LogP contribution in [0.2, 0.25) is 0 Å². The van der Waals surface area contributed by atoms with Gasteiger partial charge in [0.25, 0.3) is 0 Å². The number of rotatable bonds is 4. The number of carbonyl (C=O) groups is 1.